The number of hydrogen-bond acceptors (Lipinski definition) is 4. The Morgan fingerprint density at radius 1 is 1.31 bits per heavy atom. The van der Waals surface area contributed by atoms with Gasteiger partial charge in [-0.2, -0.15) is 0 Å². The molecule has 2 heterocycles. The molecule has 2 aliphatic heterocycles. The predicted molar refractivity (Wildman–Crippen MR) is 98.4 cm³/mol. The van der Waals surface area contributed by atoms with E-state index < -0.39 is 0 Å². The molecule has 3 rings (SSSR count). The number of amides is 3. The van der Waals surface area contributed by atoms with Crippen LogP contribution >= 0.6 is 0 Å². The normalized spacial score (nSPS) is 21.5. The molecule has 1 unspecified atom stereocenters. The number of hydrogen-bond donors (Lipinski definition) is 2. The number of aryl methyl sites for hydroxylation is 1. The molecule has 2 fully saturated rings. The summed E-state index contributed by atoms with van der Waals surface area (Å²) in [5.74, 6) is 0.406. The minimum Gasteiger partial charge on any atom is -0.495 e. The Bertz CT molecular complexity index is 685. The van der Waals surface area contributed by atoms with E-state index in [0.717, 1.165) is 18.4 Å². The maximum Gasteiger partial charge on any atom is 0.321 e. The quantitative estimate of drug-likeness (QED) is 0.863. The van der Waals surface area contributed by atoms with E-state index in [-0.39, 0.29) is 23.3 Å². The molecule has 26 heavy (non-hydrogen) atoms. The van der Waals surface area contributed by atoms with Crippen molar-refractivity contribution in [2.24, 2.45) is 11.3 Å². The second kappa shape index (κ2) is 7.53. The van der Waals surface area contributed by atoms with Gasteiger partial charge >= 0.3 is 6.03 Å². The van der Waals surface area contributed by atoms with Gasteiger partial charge in [0.1, 0.15) is 5.75 Å². The van der Waals surface area contributed by atoms with Crippen molar-refractivity contribution in [2.75, 3.05) is 45.8 Å². The Morgan fingerprint density at radius 3 is 2.69 bits per heavy atom. The Kier molecular flexibility index (Phi) is 5.36. The lowest BCUT2D eigenvalue weighted by Gasteiger charge is -2.36. The SMILES string of the molecule is CNC(=O)C1CN(C(=O)Nc2cc(C)ccc2OC)CC12CCOCC2. The molecule has 1 aromatic carbocycles. The van der Waals surface area contributed by atoms with Crippen LogP contribution in [0.2, 0.25) is 0 Å². The molecule has 0 aliphatic carbocycles. The number of urea groups is 1. The molecule has 7 nitrogen and oxygen atoms in total. The third kappa shape index (κ3) is 3.49. The van der Waals surface area contributed by atoms with Crippen LogP contribution in [-0.4, -0.2) is 57.3 Å². The van der Waals surface area contributed by atoms with E-state index in [1.807, 2.05) is 25.1 Å². The van der Waals surface area contributed by atoms with Gasteiger partial charge < -0.3 is 25.0 Å². The molecule has 2 saturated heterocycles. The lowest BCUT2D eigenvalue weighted by Crippen LogP contribution is -2.43. The average Bonchev–Trinajstić information content (AvgIpc) is 3.00. The molecule has 3 amide bonds. The van der Waals surface area contributed by atoms with Crippen molar-refractivity contribution in [3.63, 3.8) is 0 Å². The summed E-state index contributed by atoms with van der Waals surface area (Å²) in [5.41, 5.74) is 1.47. The minimum absolute atomic E-state index is 0.00432. The molecule has 1 atom stereocenters. The lowest BCUT2D eigenvalue weighted by atomic mass is 9.72. The highest BCUT2D eigenvalue weighted by Crippen LogP contribution is 2.44. The molecular weight excluding hydrogens is 334 g/mol. The number of anilines is 1. The fourth-order valence-electron chi connectivity index (χ4n) is 4.06. The van der Waals surface area contributed by atoms with Crippen LogP contribution in [0.5, 0.6) is 5.75 Å². The van der Waals surface area contributed by atoms with Gasteiger partial charge in [0.15, 0.2) is 0 Å². The highest BCUT2D eigenvalue weighted by molar-refractivity contribution is 5.92. The van der Waals surface area contributed by atoms with Crippen molar-refractivity contribution in [3.8, 4) is 5.75 Å². The molecular formula is C19H27N3O4. The van der Waals surface area contributed by atoms with Gasteiger partial charge in [-0.3, -0.25) is 4.79 Å². The second-order valence-electron chi connectivity index (χ2n) is 7.16. The van der Waals surface area contributed by atoms with Crippen LogP contribution in [-0.2, 0) is 9.53 Å². The van der Waals surface area contributed by atoms with Crippen LogP contribution < -0.4 is 15.4 Å². The van der Waals surface area contributed by atoms with Crippen molar-refractivity contribution in [3.05, 3.63) is 23.8 Å². The minimum atomic E-state index is -0.207. The van der Waals surface area contributed by atoms with Crippen LogP contribution in [0, 0.1) is 18.3 Å². The number of carbonyl (C=O) groups excluding carboxylic acids is 2. The standard InChI is InChI=1S/C19H27N3O4/c1-13-4-5-16(25-3)15(10-13)21-18(24)22-11-14(17(23)20-2)19(12-22)6-8-26-9-7-19/h4-5,10,14H,6-9,11-12H2,1-3H3,(H,20,23)(H,21,24). The number of nitrogens with one attached hydrogen (secondary N) is 2. The number of methoxy groups -OCH3 is 1. The van der Waals surface area contributed by atoms with Crippen LogP contribution in [0.25, 0.3) is 0 Å². The lowest BCUT2D eigenvalue weighted by molar-refractivity contribution is -0.129. The van der Waals surface area contributed by atoms with Crippen LogP contribution in [0.15, 0.2) is 18.2 Å². The highest BCUT2D eigenvalue weighted by Gasteiger charge is 2.51. The number of likely N-dealkylation sites (tertiary alicyclic amines) is 1. The first kappa shape index (κ1) is 18.5. The Hall–Kier alpha value is -2.28. The van der Waals surface area contributed by atoms with Crippen molar-refractivity contribution < 1.29 is 19.1 Å². The Balaban J connectivity index is 1.78. The molecule has 0 bridgehead atoms. The van der Waals surface area contributed by atoms with Crippen LogP contribution in [0.3, 0.4) is 0 Å². The summed E-state index contributed by atoms with van der Waals surface area (Å²) in [7, 11) is 3.23. The van der Waals surface area contributed by atoms with Gasteiger partial charge in [0.25, 0.3) is 0 Å². The monoisotopic (exact) mass is 361 g/mol. The van der Waals surface area contributed by atoms with Crippen LogP contribution in [0.4, 0.5) is 10.5 Å². The zero-order valence-electron chi connectivity index (χ0n) is 15.6. The summed E-state index contributed by atoms with van der Waals surface area (Å²) in [4.78, 5) is 27.0. The van der Waals surface area contributed by atoms with E-state index in [4.69, 9.17) is 9.47 Å². The zero-order valence-corrected chi connectivity index (χ0v) is 15.6. The molecule has 0 saturated carbocycles. The van der Waals surface area contributed by atoms with E-state index >= 15 is 0 Å². The first-order valence-electron chi connectivity index (χ1n) is 8.99. The number of ether oxygens (including phenoxy) is 2. The highest BCUT2D eigenvalue weighted by atomic mass is 16.5. The van der Waals surface area contributed by atoms with Gasteiger partial charge in [-0.15, -0.1) is 0 Å². The van der Waals surface area contributed by atoms with E-state index in [1.165, 1.54) is 0 Å². The Labute approximate surface area is 154 Å². The van der Waals surface area contributed by atoms with Gasteiger partial charge in [-0.25, -0.2) is 4.79 Å². The molecule has 2 N–H and O–H groups in total. The molecule has 0 aromatic heterocycles. The summed E-state index contributed by atoms with van der Waals surface area (Å²) >= 11 is 0. The van der Waals surface area contributed by atoms with Gasteiger partial charge in [0, 0.05) is 38.8 Å². The number of nitrogens with zero attached hydrogens (tertiary/aromatic N) is 1. The summed E-state index contributed by atoms with van der Waals surface area (Å²) in [6, 6.07) is 5.45. The molecule has 0 radical (unpaired) electrons. The van der Waals surface area contributed by atoms with Crippen molar-refractivity contribution in [1.82, 2.24) is 10.2 Å². The molecule has 1 spiro atoms. The van der Waals surface area contributed by atoms with Gasteiger partial charge in [-0.05, 0) is 37.5 Å². The largest absolute Gasteiger partial charge is 0.495 e. The summed E-state index contributed by atoms with van der Waals surface area (Å²) in [6.45, 7) is 4.21. The number of carbonyl (C=O) groups is 2. The number of benzene rings is 1. The topological polar surface area (TPSA) is 79.9 Å². The molecule has 1 aromatic rings. The third-order valence-corrected chi connectivity index (χ3v) is 5.58. The van der Waals surface area contributed by atoms with Crippen molar-refractivity contribution >= 4 is 17.6 Å². The van der Waals surface area contributed by atoms with E-state index in [0.29, 0.717) is 37.7 Å². The first-order chi connectivity index (χ1) is 12.5. The van der Waals surface area contributed by atoms with Gasteiger partial charge in [-0.1, -0.05) is 6.07 Å². The zero-order chi connectivity index (χ0) is 18.7. The van der Waals surface area contributed by atoms with Crippen LogP contribution in [0.1, 0.15) is 18.4 Å². The Morgan fingerprint density at radius 2 is 2.04 bits per heavy atom. The average molecular weight is 361 g/mol. The predicted octanol–water partition coefficient (Wildman–Crippen LogP) is 2.01. The van der Waals surface area contributed by atoms with E-state index in [1.54, 1.807) is 19.1 Å². The summed E-state index contributed by atoms with van der Waals surface area (Å²) in [5, 5.41) is 5.70. The summed E-state index contributed by atoms with van der Waals surface area (Å²) in [6.07, 6.45) is 1.59. The third-order valence-electron chi connectivity index (χ3n) is 5.58. The maximum atomic E-state index is 12.9. The summed E-state index contributed by atoms with van der Waals surface area (Å²) < 4.78 is 10.8. The number of rotatable bonds is 3. The maximum absolute atomic E-state index is 12.9. The first-order valence-corrected chi connectivity index (χ1v) is 8.99. The van der Waals surface area contributed by atoms with Crippen molar-refractivity contribution in [2.45, 2.75) is 19.8 Å². The van der Waals surface area contributed by atoms with Gasteiger partial charge in [0.2, 0.25) is 5.91 Å². The fraction of sp³-hybridized carbons (Fsp3) is 0.579. The smallest absolute Gasteiger partial charge is 0.321 e. The van der Waals surface area contributed by atoms with Crippen molar-refractivity contribution in [1.29, 1.82) is 0 Å². The second-order valence-corrected chi connectivity index (χ2v) is 7.16. The van der Waals surface area contributed by atoms with E-state index in [9.17, 15) is 9.59 Å². The molecule has 142 valence electrons. The van der Waals surface area contributed by atoms with E-state index in [2.05, 4.69) is 10.6 Å². The fourth-order valence-corrected chi connectivity index (χ4v) is 4.06. The van der Waals surface area contributed by atoms with Gasteiger partial charge in [0.05, 0.1) is 18.7 Å². The molecule has 2 aliphatic rings. The molecule has 7 heteroatoms.